The van der Waals surface area contributed by atoms with Gasteiger partial charge in [0.25, 0.3) is 0 Å². The molecule has 0 bridgehead atoms. The molecule has 2 N–H and O–H groups in total. The average molecular weight is 250 g/mol. The van der Waals surface area contributed by atoms with Gasteiger partial charge in [-0.1, -0.05) is 24.9 Å². The number of anilines is 1. The van der Waals surface area contributed by atoms with Crippen LogP contribution in [0, 0.1) is 5.92 Å². The van der Waals surface area contributed by atoms with Gasteiger partial charge in [-0.2, -0.15) is 0 Å². The number of rotatable bonds is 3. The third kappa shape index (κ3) is 1.78. The lowest BCUT2D eigenvalue weighted by Gasteiger charge is -2.05. The first-order chi connectivity index (χ1) is 8.20. The molecule has 0 saturated heterocycles. The van der Waals surface area contributed by atoms with Crippen molar-refractivity contribution in [2.45, 2.75) is 32.2 Å². The topological polar surface area (TPSA) is 43.8 Å². The minimum atomic E-state index is 0.543. The lowest BCUT2D eigenvalue weighted by molar-refractivity contribution is 0.622. The normalized spacial score (nSPS) is 23.2. The van der Waals surface area contributed by atoms with Gasteiger partial charge < -0.3 is 10.3 Å². The molecule has 0 spiro atoms. The van der Waals surface area contributed by atoms with E-state index in [4.69, 9.17) is 17.3 Å². The van der Waals surface area contributed by atoms with E-state index >= 15 is 0 Å². The van der Waals surface area contributed by atoms with Crippen molar-refractivity contribution in [3.05, 3.63) is 23.2 Å². The Morgan fingerprint density at radius 2 is 2.35 bits per heavy atom. The summed E-state index contributed by atoms with van der Waals surface area (Å²) >= 11 is 5.96. The minimum Gasteiger partial charge on any atom is -0.369 e. The molecular weight excluding hydrogens is 234 g/mol. The number of halogens is 1. The highest BCUT2D eigenvalue weighted by atomic mass is 35.5. The first-order valence-corrected chi connectivity index (χ1v) is 6.51. The van der Waals surface area contributed by atoms with Crippen molar-refractivity contribution in [2.75, 3.05) is 5.73 Å². The summed E-state index contributed by atoms with van der Waals surface area (Å²) < 4.78 is 2.17. The fraction of sp³-hybridized carbons (Fsp3) is 0.462. The standard InChI is InChI=1S/C13H16ClN3/c1-2-3-8-6-12(8)17-11-5-4-9(14)7-10(11)16-13(17)15/h4-5,7-8,12H,2-3,6H2,1H3,(H2,15,16). The Morgan fingerprint density at radius 1 is 1.53 bits per heavy atom. The third-order valence-electron chi connectivity index (χ3n) is 3.56. The molecule has 3 nitrogen and oxygen atoms in total. The van der Waals surface area contributed by atoms with Crippen molar-refractivity contribution in [1.82, 2.24) is 9.55 Å². The van der Waals surface area contributed by atoms with Gasteiger partial charge in [0.1, 0.15) is 0 Å². The number of aromatic nitrogens is 2. The van der Waals surface area contributed by atoms with E-state index in [1.165, 1.54) is 19.3 Å². The fourth-order valence-corrected chi connectivity index (χ4v) is 2.83. The van der Waals surface area contributed by atoms with Gasteiger partial charge in [0.05, 0.1) is 11.0 Å². The summed E-state index contributed by atoms with van der Waals surface area (Å²) in [6.07, 6.45) is 3.74. The molecule has 3 rings (SSSR count). The molecule has 1 aromatic heterocycles. The molecule has 0 aliphatic heterocycles. The SMILES string of the molecule is CCCC1CC1n1c(N)nc2cc(Cl)ccc21. The average Bonchev–Trinajstić information content (AvgIpc) is 2.94. The lowest BCUT2D eigenvalue weighted by Crippen LogP contribution is -2.02. The van der Waals surface area contributed by atoms with Crippen molar-refractivity contribution in [3.8, 4) is 0 Å². The molecule has 1 aliphatic carbocycles. The van der Waals surface area contributed by atoms with Gasteiger partial charge in [0.15, 0.2) is 0 Å². The number of benzene rings is 1. The molecule has 0 amide bonds. The molecule has 2 unspecified atom stereocenters. The lowest BCUT2D eigenvalue weighted by atomic mass is 10.2. The van der Waals surface area contributed by atoms with E-state index in [0.29, 0.717) is 17.0 Å². The van der Waals surface area contributed by atoms with E-state index < -0.39 is 0 Å². The third-order valence-corrected chi connectivity index (χ3v) is 3.79. The van der Waals surface area contributed by atoms with Crippen LogP contribution >= 0.6 is 11.6 Å². The van der Waals surface area contributed by atoms with E-state index in [9.17, 15) is 0 Å². The summed E-state index contributed by atoms with van der Waals surface area (Å²) in [4.78, 5) is 4.39. The van der Waals surface area contributed by atoms with Crippen LogP contribution in [0.5, 0.6) is 0 Å². The molecule has 4 heteroatoms. The Bertz CT molecular complexity index is 561. The van der Waals surface area contributed by atoms with Gasteiger partial charge in [-0.05, 0) is 37.0 Å². The van der Waals surface area contributed by atoms with Crippen molar-refractivity contribution in [2.24, 2.45) is 5.92 Å². The molecule has 0 radical (unpaired) electrons. The number of nitrogens with zero attached hydrogens (tertiary/aromatic N) is 2. The Labute approximate surface area is 106 Å². The van der Waals surface area contributed by atoms with Crippen LogP contribution in [-0.4, -0.2) is 9.55 Å². The fourth-order valence-electron chi connectivity index (χ4n) is 2.67. The van der Waals surface area contributed by atoms with E-state index in [-0.39, 0.29) is 0 Å². The van der Waals surface area contributed by atoms with E-state index in [2.05, 4.69) is 16.5 Å². The van der Waals surface area contributed by atoms with Crippen molar-refractivity contribution in [3.63, 3.8) is 0 Å². The van der Waals surface area contributed by atoms with Crippen LogP contribution in [-0.2, 0) is 0 Å². The van der Waals surface area contributed by atoms with Crippen LogP contribution in [0.2, 0.25) is 5.02 Å². The maximum Gasteiger partial charge on any atom is 0.201 e. The van der Waals surface area contributed by atoms with Gasteiger partial charge in [-0.15, -0.1) is 0 Å². The van der Waals surface area contributed by atoms with Crippen LogP contribution in [0.3, 0.4) is 0 Å². The number of nitrogens with two attached hydrogens (primary N) is 1. The van der Waals surface area contributed by atoms with Gasteiger partial charge in [-0.3, -0.25) is 0 Å². The molecular formula is C13H16ClN3. The van der Waals surface area contributed by atoms with Crippen LogP contribution in [0.15, 0.2) is 18.2 Å². The smallest absolute Gasteiger partial charge is 0.201 e. The predicted octanol–water partition coefficient (Wildman–Crippen LogP) is 3.63. The summed E-state index contributed by atoms with van der Waals surface area (Å²) in [5.41, 5.74) is 8.02. The first kappa shape index (κ1) is 10.9. The first-order valence-electron chi connectivity index (χ1n) is 6.13. The number of hydrogen-bond donors (Lipinski definition) is 1. The summed E-state index contributed by atoms with van der Waals surface area (Å²) in [6.45, 7) is 2.23. The van der Waals surface area contributed by atoms with Gasteiger partial charge >= 0.3 is 0 Å². The number of fused-ring (bicyclic) bond motifs is 1. The van der Waals surface area contributed by atoms with Crippen molar-refractivity contribution < 1.29 is 0 Å². The van der Waals surface area contributed by atoms with Gasteiger partial charge in [0, 0.05) is 11.1 Å². The monoisotopic (exact) mass is 249 g/mol. The highest BCUT2D eigenvalue weighted by Crippen LogP contribution is 2.48. The Kier molecular flexibility index (Phi) is 2.51. The predicted molar refractivity (Wildman–Crippen MR) is 71.2 cm³/mol. The Morgan fingerprint density at radius 3 is 3.12 bits per heavy atom. The largest absolute Gasteiger partial charge is 0.369 e. The maximum absolute atomic E-state index is 6.01. The summed E-state index contributed by atoms with van der Waals surface area (Å²) in [7, 11) is 0. The molecule has 1 aromatic carbocycles. The second-order valence-electron chi connectivity index (χ2n) is 4.82. The van der Waals surface area contributed by atoms with E-state index in [1.807, 2.05) is 18.2 Å². The molecule has 1 aliphatic rings. The highest BCUT2D eigenvalue weighted by Gasteiger charge is 2.39. The molecule has 17 heavy (non-hydrogen) atoms. The Hall–Kier alpha value is -1.22. The van der Waals surface area contributed by atoms with Gasteiger partial charge in [0.2, 0.25) is 5.95 Å². The van der Waals surface area contributed by atoms with Crippen molar-refractivity contribution >= 4 is 28.6 Å². The van der Waals surface area contributed by atoms with Crippen LogP contribution < -0.4 is 5.73 Å². The zero-order chi connectivity index (χ0) is 12.0. The maximum atomic E-state index is 6.01. The zero-order valence-corrected chi connectivity index (χ0v) is 10.6. The van der Waals surface area contributed by atoms with Crippen LogP contribution in [0.4, 0.5) is 5.95 Å². The Balaban J connectivity index is 2.02. The summed E-state index contributed by atoms with van der Waals surface area (Å²) in [5.74, 6) is 1.39. The summed E-state index contributed by atoms with van der Waals surface area (Å²) in [5, 5.41) is 0.711. The molecule has 1 saturated carbocycles. The molecule has 2 aromatic rings. The molecule has 90 valence electrons. The van der Waals surface area contributed by atoms with E-state index in [0.717, 1.165) is 17.0 Å². The number of nitrogen functional groups attached to an aromatic ring is 1. The minimum absolute atomic E-state index is 0.543. The molecule has 1 heterocycles. The second-order valence-corrected chi connectivity index (χ2v) is 5.26. The second kappa shape index (κ2) is 3.91. The highest BCUT2D eigenvalue weighted by molar-refractivity contribution is 6.31. The van der Waals surface area contributed by atoms with Crippen LogP contribution in [0.1, 0.15) is 32.2 Å². The van der Waals surface area contributed by atoms with E-state index in [1.54, 1.807) is 0 Å². The zero-order valence-electron chi connectivity index (χ0n) is 9.86. The van der Waals surface area contributed by atoms with Gasteiger partial charge in [-0.25, -0.2) is 4.98 Å². The number of imidazole rings is 1. The molecule has 2 atom stereocenters. The summed E-state index contributed by atoms with van der Waals surface area (Å²) in [6, 6.07) is 6.34. The quantitative estimate of drug-likeness (QED) is 0.903. The van der Waals surface area contributed by atoms with Crippen molar-refractivity contribution in [1.29, 1.82) is 0 Å². The van der Waals surface area contributed by atoms with Crippen LogP contribution in [0.25, 0.3) is 11.0 Å². The molecule has 1 fully saturated rings. The number of hydrogen-bond acceptors (Lipinski definition) is 2.